The summed E-state index contributed by atoms with van der Waals surface area (Å²) in [5.74, 6) is 0.937. The zero-order valence-electron chi connectivity index (χ0n) is 17.5. The minimum absolute atomic E-state index is 0.702. The minimum Gasteiger partial charge on any atom is -0.494 e. The van der Waals surface area contributed by atoms with E-state index in [1.54, 1.807) is 0 Å². The summed E-state index contributed by atoms with van der Waals surface area (Å²) in [5, 5.41) is 7.61. The van der Waals surface area contributed by atoms with Crippen LogP contribution in [0.2, 0.25) is 0 Å². The zero-order chi connectivity index (χ0) is 20.8. The Bertz CT molecular complexity index is 1540. The number of aromatic amines is 2. The number of benzene rings is 4. The first-order valence-corrected chi connectivity index (χ1v) is 10.9. The molecule has 0 aliphatic carbocycles. The summed E-state index contributed by atoms with van der Waals surface area (Å²) in [6, 6.07) is 26.4. The smallest absolute Gasteiger partial charge is 0.119 e. The zero-order valence-corrected chi connectivity index (χ0v) is 17.5. The highest BCUT2D eigenvalue weighted by Gasteiger charge is 2.09. The van der Waals surface area contributed by atoms with E-state index >= 15 is 0 Å². The van der Waals surface area contributed by atoms with Gasteiger partial charge in [-0.05, 0) is 72.5 Å². The summed E-state index contributed by atoms with van der Waals surface area (Å²) in [7, 11) is 0. The van der Waals surface area contributed by atoms with Crippen LogP contribution in [-0.2, 0) is 12.8 Å². The highest BCUT2D eigenvalue weighted by Crippen LogP contribution is 2.32. The number of ether oxygens (including phenoxy) is 1. The maximum Gasteiger partial charge on any atom is 0.119 e. The van der Waals surface area contributed by atoms with Crippen molar-refractivity contribution in [2.24, 2.45) is 0 Å². The second-order valence-electron chi connectivity index (χ2n) is 8.20. The van der Waals surface area contributed by atoms with Crippen molar-refractivity contribution in [1.29, 1.82) is 0 Å². The predicted molar refractivity (Wildman–Crippen MR) is 130 cm³/mol. The lowest BCUT2D eigenvalue weighted by Crippen LogP contribution is -1.94. The van der Waals surface area contributed by atoms with Crippen LogP contribution in [0.15, 0.2) is 79.0 Å². The van der Waals surface area contributed by atoms with Gasteiger partial charge in [-0.25, -0.2) is 0 Å². The Hall–Kier alpha value is -3.72. The van der Waals surface area contributed by atoms with Gasteiger partial charge in [-0.1, -0.05) is 36.4 Å². The fourth-order valence-electron chi connectivity index (χ4n) is 4.67. The molecule has 152 valence electrons. The van der Waals surface area contributed by atoms with Gasteiger partial charge in [0.1, 0.15) is 5.75 Å². The van der Waals surface area contributed by atoms with Gasteiger partial charge in [0.2, 0.25) is 0 Å². The number of aryl methyl sites for hydroxylation is 2. The molecule has 0 saturated carbocycles. The van der Waals surface area contributed by atoms with Gasteiger partial charge < -0.3 is 14.7 Å². The number of nitrogens with one attached hydrogen (secondary N) is 2. The van der Waals surface area contributed by atoms with E-state index in [0.29, 0.717) is 6.61 Å². The van der Waals surface area contributed by atoms with E-state index in [9.17, 15) is 0 Å². The molecule has 3 nitrogen and oxygen atoms in total. The summed E-state index contributed by atoms with van der Waals surface area (Å²) >= 11 is 0. The average Bonchev–Trinajstić information content (AvgIpc) is 3.44. The van der Waals surface area contributed by atoms with Crippen molar-refractivity contribution in [2.75, 3.05) is 6.61 Å². The predicted octanol–water partition coefficient (Wildman–Crippen LogP) is 7.14. The molecule has 0 atom stereocenters. The van der Waals surface area contributed by atoms with Crippen molar-refractivity contribution in [3.63, 3.8) is 0 Å². The lowest BCUT2D eigenvalue weighted by atomic mass is 10.0. The van der Waals surface area contributed by atoms with Crippen LogP contribution in [-0.4, -0.2) is 16.6 Å². The fourth-order valence-corrected chi connectivity index (χ4v) is 4.67. The Morgan fingerprint density at radius 1 is 0.677 bits per heavy atom. The molecule has 2 heterocycles. The summed E-state index contributed by atoms with van der Waals surface area (Å²) in [4.78, 5) is 7.10. The fraction of sp³-hybridized carbons (Fsp3) is 0.143. The van der Waals surface area contributed by atoms with Crippen molar-refractivity contribution in [2.45, 2.75) is 19.8 Å². The van der Waals surface area contributed by atoms with E-state index in [0.717, 1.165) is 18.6 Å². The molecule has 4 aromatic carbocycles. The molecule has 0 aliphatic heterocycles. The second-order valence-corrected chi connectivity index (χ2v) is 8.20. The quantitative estimate of drug-likeness (QED) is 0.295. The normalized spacial score (nSPS) is 11.8. The Morgan fingerprint density at radius 3 is 2.16 bits per heavy atom. The summed E-state index contributed by atoms with van der Waals surface area (Å²) in [5.41, 5.74) is 5.04. The van der Waals surface area contributed by atoms with E-state index in [1.165, 1.54) is 54.6 Å². The molecule has 6 aromatic rings. The molecule has 0 bridgehead atoms. The first-order chi connectivity index (χ1) is 15.3. The van der Waals surface area contributed by atoms with Gasteiger partial charge in [-0.15, -0.1) is 0 Å². The van der Waals surface area contributed by atoms with Crippen LogP contribution in [0.5, 0.6) is 5.75 Å². The Kier molecular flexibility index (Phi) is 4.20. The molecule has 0 fully saturated rings. The molecule has 0 unspecified atom stereocenters. The standard InChI is InChI=1S/C28H24N2O/c1-2-31-24-11-4-18(5-12-24)3-10-23-15-22-9-8-21-16-25-20(17-26(21)28(22)30-23)7-6-19-13-14-29-27(19)25/h4-9,11-17,29-30H,2-3,10H2,1H3. The van der Waals surface area contributed by atoms with Gasteiger partial charge in [0.15, 0.2) is 0 Å². The van der Waals surface area contributed by atoms with Crippen LogP contribution in [0.3, 0.4) is 0 Å². The molecule has 0 spiro atoms. The van der Waals surface area contributed by atoms with Gasteiger partial charge in [0.05, 0.1) is 17.6 Å². The van der Waals surface area contributed by atoms with E-state index in [2.05, 4.69) is 82.8 Å². The number of fused-ring (bicyclic) bond motifs is 6. The summed E-state index contributed by atoms with van der Waals surface area (Å²) in [6.07, 6.45) is 4.00. The van der Waals surface area contributed by atoms with Crippen molar-refractivity contribution in [3.8, 4) is 5.75 Å². The SMILES string of the molecule is CCOc1ccc(CCc2cc3ccc4cc5c(ccc6cc[nH]c65)cc4c3[nH]2)cc1. The highest BCUT2D eigenvalue weighted by molar-refractivity contribution is 6.15. The molecule has 0 amide bonds. The average molecular weight is 405 g/mol. The van der Waals surface area contributed by atoms with E-state index in [-0.39, 0.29) is 0 Å². The molecular weight excluding hydrogens is 380 g/mol. The lowest BCUT2D eigenvalue weighted by molar-refractivity contribution is 0.340. The monoisotopic (exact) mass is 404 g/mol. The van der Waals surface area contributed by atoms with E-state index in [1.807, 2.05) is 13.1 Å². The first-order valence-electron chi connectivity index (χ1n) is 10.9. The Balaban J connectivity index is 1.36. The van der Waals surface area contributed by atoms with Crippen molar-refractivity contribution >= 4 is 43.4 Å². The van der Waals surface area contributed by atoms with Gasteiger partial charge >= 0.3 is 0 Å². The second kappa shape index (κ2) is 7.21. The Labute approximate surface area is 180 Å². The van der Waals surface area contributed by atoms with Crippen LogP contribution in [0, 0.1) is 0 Å². The maximum absolute atomic E-state index is 5.55. The molecular formula is C28H24N2O. The lowest BCUT2D eigenvalue weighted by Gasteiger charge is -2.05. The molecule has 2 aromatic heterocycles. The molecule has 0 radical (unpaired) electrons. The van der Waals surface area contributed by atoms with Crippen LogP contribution in [0.4, 0.5) is 0 Å². The number of hydrogen-bond acceptors (Lipinski definition) is 1. The van der Waals surface area contributed by atoms with Crippen LogP contribution in [0.25, 0.3) is 43.4 Å². The van der Waals surface area contributed by atoms with E-state index < -0.39 is 0 Å². The summed E-state index contributed by atoms with van der Waals surface area (Å²) < 4.78 is 5.55. The Morgan fingerprint density at radius 2 is 1.39 bits per heavy atom. The topological polar surface area (TPSA) is 40.8 Å². The maximum atomic E-state index is 5.55. The minimum atomic E-state index is 0.702. The van der Waals surface area contributed by atoms with Crippen molar-refractivity contribution in [1.82, 2.24) is 9.97 Å². The molecule has 0 aliphatic rings. The number of aromatic nitrogens is 2. The van der Waals surface area contributed by atoms with Gasteiger partial charge in [0, 0.05) is 33.4 Å². The van der Waals surface area contributed by atoms with E-state index in [4.69, 9.17) is 4.74 Å². The van der Waals surface area contributed by atoms with Crippen LogP contribution < -0.4 is 4.74 Å². The third-order valence-corrected chi connectivity index (χ3v) is 6.25. The third kappa shape index (κ3) is 3.14. The molecule has 2 N–H and O–H groups in total. The van der Waals surface area contributed by atoms with Gasteiger partial charge in [0.25, 0.3) is 0 Å². The number of hydrogen-bond donors (Lipinski definition) is 2. The summed E-state index contributed by atoms with van der Waals surface area (Å²) in [6.45, 7) is 2.71. The van der Waals surface area contributed by atoms with Crippen LogP contribution in [0.1, 0.15) is 18.2 Å². The largest absolute Gasteiger partial charge is 0.494 e. The molecule has 3 heteroatoms. The van der Waals surface area contributed by atoms with Crippen molar-refractivity contribution < 1.29 is 4.74 Å². The van der Waals surface area contributed by atoms with Gasteiger partial charge in [-0.3, -0.25) is 0 Å². The molecule has 6 rings (SSSR count). The number of rotatable bonds is 5. The van der Waals surface area contributed by atoms with Gasteiger partial charge in [-0.2, -0.15) is 0 Å². The first kappa shape index (κ1) is 18.1. The van der Waals surface area contributed by atoms with Crippen molar-refractivity contribution in [3.05, 3.63) is 90.3 Å². The third-order valence-electron chi connectivity index (χ3n) is 6.25. The number of H-pyrrole nitrogens is 2. The van der Waals surface area contributed by atoms with Crippen LogP contribution >= 0.6 is 0 Å². The molecule has 0 saturated heterocycles. The highest BCUT2D eigenvalue weighted by atomic mass is 16.5. The molecule has 31 heavy (non-hydrogen) atoms.